The molecule has 26 nitrogen and oxygen atoms in total. The van der Waals surface area contributed by atoms with Crippen molar-refractivity contribution in [3.05, 3.63) is 64.7 Å². The summed E-state index contributed by atoms with van der Waals surface area (Å²) in [6, 6.07) is 6.78. The van der Waals surface area contributed by atoms with Crippen LogP contribution in [0.2, 0.25) is 0 Å². The van der Waals surface area contributed by atoms with Crippen molar-refractivity contribution in [2.45, 2.75) is 117 Å². The Kier molecular flexibility index (Phi) is 18.0. The molecular weight excluding hydrogens is 1090 g/mol. The number of para-hydroxylation sites is 1. The van der Waals surface area contributed by atoms with Crippen molar-refractivity contribution in [3.8, 4) is 0 Å². The highest BCUT2D eigenvalue weighted by atomic mass is 27.2. The van der Waals surface area contributed by atoms with Gasteiger partial charge in [0.25, 0.3) is 5.97 Å². The fraction of sp³-hybridized carbons (Fsp3) is 0.574. The molecule has 11 atom stereocenters. The highest BCUT2D eigenvalue weighted by Crippen LogP contribution is 2.41. The molecule has 82 heavy (non-hydrogen) atoms. The summed E-state index contributed by atoms with van der Waals surface area (Å²) in [6.07, 6.45) is -1.73. The Morgan fingerprint density at radius 1 is 0.841 bits per heavy atom. The van der Waals surface area contributed by atoms with Gasteiger partial charge in [-0.15, -0.1) is 0 Å². The predicted molar refractivity (Wildman–Crippen MR) is 284 cm³/mol. The number of halogens is 1. The van der Waals surface area contributed by atoms with Crippen molar-refractivity contribution in [2.24, 2.45) is 5.92 Å². The number of aliphatic hydroxyl groups excluding tert-OH is 1. The van der Waals surface area contributed by atoms with Crippen LogP contribution in [0.25, 0.3) is 0 Å². The van der Waals surface area contributed by atoms with Gasteiger partial charge in [-0.3, -0.25) is 76.7 Å². The normalized spacial score (nSPS) is 27.5. The van der Waals surface area contributed by atoms with E-state index in [4.69, 9.17) is 13.3 Å². The number of rotatable bonds is 20. The summed E-state index contributed by atoms with van der Waals surface area (Å²) in [4.78, 5) is 153. The number of nitrogens with zero attached hydrogens (tertiary/aromatic N) is 5. The maximum Gasteiger partial charge on any atom is 0.644 e. The minimum absolute atomic E-state index is 0.00485. The van der Waals surface area contributed by atoms with Crippen LogP contribution in [-0.2, 0) is 91.8 Å². The number of aliphatic hydroxyl groups is 1. The first kappa shape index (κ1) is 59.5. The van der Waals surface area contributed by atoms with Crippen LogP contribution in [0.1, 0.15) is 68.2 Å². The monoisotopic (exact) mass is 1160 g/mol. The Balaban J connectivity index is 0.761. The van der Waals surface area contributed by atoms with Gasteiger partial charge in [-0.1, -0.05) is 62.7 Å². The van der Waals surface area contributed by atoms with E-state index in [-0.39, 0.29) is 71.4 Å². The minimum Gasteiger partial charge on any atom is -0.612 e. The molecule has 0 aliphatic carbocycles. The Bertz CT molecular complexity index is 2900. The zero-order chi connectivity index (χ0) is 58.8. The number of ether oxygens (including phenoxy) is 2. The summed E-state index contributed by atoms with van der Waals surface area (Å²) in [5.41, 5.74) is 3.44. The van der Waals surface area contributed by atoms with Crippen molar-refractivity contribution in [1.29, 1.82) is 0 Å². The Morgan fingerprint density at radius 3 is 2.28 bits per heavy atom. The molecule has 5 bridgehead atoms. The van der Waals surface area contributed by atoms with Crippen LogP contribution in [0.3, 0.4) is 0 Å². The maximum atomic E-state index is 16.8. The van der Waals surface area contributed by atoms with Crippen LogP contribution in [-0.4, -0.2) is 228 Å². The Labute approximate surface area is 475 Å². The summed E-state index contributed by atoms with van der Waals surface area (Å²) in [5.74, 6) is -8.21. The molecule has 6 unspecified atom stereocenters. The van der Waals surface area contributed by atoms with E-state index in [1.165, 1.54) is 11.9 Å². The summed E-state index contributed by atoms with van der Waals surface area (Å²) in [7, 11) is 1.38. The molecule has 7 aliphatic heterocycles. The number of alkyl halides is 1. The van der Waals surface area contributed by atoms with Crippen molar-refractivity contribution < 1.29 is 80.6 Å². The van der Waals surface area contributed by atoms with Crippen molar-refractivity contribution in [3.63, 3.8) is 0 Å². The molecule has 2 aromatic rings. The number of carboxylic acids is 1. The fourth-order valence-electron chi connectivity index (χ4n) is 12.4. The number of hydrogen-bond donors (Lipinski definition) is 7. The number of carbonyl (C=O) groups is 11. The number of aliphatic carboxylic acids is 1. The summed E-state index contributed by atoms with van der Waals surface area (Å²) < 4.78 is 30.3. The van der Waals surface area contributed by atoms with E-state index < -0.39 is 151 Å². The quantitative estimate of drug-likeness (QED) is 0.0510. The number of benzene rings is 2. The molecule has 1 spiro atoms. The highest BCUT2D eigenvalue weighted by molar-refractivity contribution is 6.61. The number of anilines is 1. The molecule has 5 saturated heterocycles. The second kappa shape index (κ2) is 24.8. The van der Waals surface area contributed by atoms with Crippen LogP contribution in [0.5, 0.6) is 0 Å². The highest BCUT2D eigenvalue weighted by Gasteiger charge is 2.73. The number of morpholine rings is 1. The number of cyclic esters (lactones) is 1. The molecule has 0 radical (unpaired) electrons. The van der Waals surface area contributed by atoms with Crippen molar-refractivity contribution >= 4 is 85.4 Å². The van der Waals surface area contributed by atoms with E-state index in [0.29, 0.717) is 43.7 Å². The molecule has 2 aromatic carbocycles. The van der Waals surface area contributed by atoms with Crippen LogP contribution < -0.4 is 31.5 Å². The van der Waals surface area contributed by atoms with Gasteiger partial charge in [-0.2, -0.15) is 0 Å². The molecule has 7 aliphatic rings. The second-order valence-corrected chi connectivity index (χ2v) is 25.6. The van der Waals surface area contributed by atoms with Gasteiger partial charge in [0.05, 0.1) is 44.7 Å². The van der Waals surface area contributed by atoms with Crippen LogP contribution in [0.4, 0.5) is 10.1 Å². The molecule has 9 rings (SSSR count). The second-order valence-electron chi connectivity index (χ2n) is 22.5. The third-order valence-electron chi connectivity index (χ3n) is 16.5. The van der Waals surface area contributed by atoms with Gasteiger partial charge < -0.3 is 55.0 Å². The SMILES string of the molecule is CC[C@H](C)[C@@H](C(=O)N[C@H]1CCc2cccc3c2N(C1=O)[C@H](C(=O)NC1CC(=O)OC1O)C3)N(C)C(=O)CNC(=O)CNC(=O)[C@H](CCC(=O)O)NC(=O)Cc1ccc(CN2CCN3CC(=O)[O][Al]4[C](F)(C3)CN3CC(=O)O[C]4(C2)C3)cc1. The fourth-order valence-corrected chi connectivity index (χ4v) is 16.1. The molecule has 5 fully saturated rings. The number of amides is 7. The van der Waals surface area contributed by atoms with E-state index in [1.54, 1.807) is 47.1 Å². The minimum atomic E-state index is -3.16. The predicted octanol–water partition coefficient (Wildman–Crippen LogP) is -3.11. The lowest BCUT2D eigenvalue weighted by molar-refractivity contribution is -0.174. The molecule has 7 N–H and O–H groups in total. The lowest BCUT2D eigenvalue weighted by atomic mass is 9.96. The number of esters is 2. The van der Waals surface area contributed by atoms with E-state index in [2.05, 4.69) is 31.5 Å². The van der Waals surface area contributed by atoms with E-state index >= 15 is 4.39 Å². The van der Waals surface area contributed by atoms with Gasteiger partial charge in [0.15, 0.2) is 0 Å². The van der Waals surface area contributed by atoms with Crippen LogP contribution >= 0.6 is 0 Å². The van der Waals surface area contributed by atoms with Crippen molar-refractivity contribution in [2.75, 3.05) is 77.4 Å². The third-order valence-corrected chi connectivity index (χ3v) is 19.7. The average molecular weight is 1160 g/mol. The summed E-state index contributed by atoms with van der Waals surface area (Å²) in [6.45, 7) is 3.77. The first-order chi connectivity index (χ1) is 39.0. The summed E-state index contributed by atoms with van der Waals surface area (Å²) in [5, 5.41) is 32.4. The number of likely N-dealkylation sites (N-methyl/N-ethyl adjacent to an activating group) is 1. The lowest BCUT2D eigenvalue weighted by Gasteiger charge is -2.52. The molecule has 7 heterocycles. The number of aryl methyl sites for hydroxylation is 1. The Morgan fingerprint density at radius 2 is 1.56 bits per heavy atom. The van der Waals surface area contributed by atoms with E-state index in [1.807, 2.05) is 19.1 Å². The van der Waals surface area contributed by atoms with Gasteiger partial charge in [0.2, 0.25) is 47.6 Å². The average Bonchev–Trinajstić information content (AvgIpc) is 3.34. The van der Waals surface area contributed by atoms with Crippen molar-refractivity contribution in [1.82, 2.24) is 46.2 Å². The van der Waals surface area contributed by atoms with Gasteiger partial charge in [-0.05, 0) is 47.4 Å². The van der Waals surface area contributed by atoms with E-state index in [9.17, 15) is 63.0 Å². The lowest BCUT2D eigenvalue weighted by Crippen LogP contribution is -2.79. The number of hydrogen-bond acceptors (Lipinski definition) is 18. The number of carbonyl (C=O) groups excluding carboxylic acids is 10. The van der Waals surface area contributed by atoms with E-state index in [0.717, 1.165) is 21.6 Å². The van der Waals surface area contributed by atoms with Crippen LogP contribution in [0, 0.1) is 5.92 Å². The maximum absolute atomic E-state index is 16.8. The van der Waals surface area contributed by atoms with Gasteiger partial charge in [0.1, 0.15) is 39.2 Å². The molecule has 7 amide bonds. The largest absolute Gasteiger partial charge is 0.644 e. The zero-order valence-electron chi connectivity index (χ0n) is 45.8. The number of carboxylic acid groups (broad SMARTS) is 1. The standard InChI is InChI=1S/C54H69FN10O16.Al/c1-4-30(2)48(52(77)59-38-13-12-33-6-5-7-34-19-40(65(49(33)34)53(38)78)51(76)60-39-20-46(73)81-54(39)79)61(3)43(68)22-56-42(67)21-57-50(75)37(14-15-44(69)70)58-41(66)18-31-8-10-32(11-9-31)23-62-16-17-63(28-45(71)72)24-35(55)25-64-27-36(26-62)80-47(74)29-64;/h5-11,30,37-40,48,54,79H,4,12-29H2,1-3H3,(H,56,67)(H,57,75)(H,58,66)(H,59,77)(H,60,76)(H,69,70)(H,71,72);/q;+1/p-1/t30-,37-,38-,39?,40-,48-,54?;/m0./s1. The molecular formula is C54H68AlFN10O16. The first-order valence-corrected chi connectivity index (χ1v) is 29.2. The summed E-state index contributed by atoms with van der Waals surface area (Å²) >= 11 is -3.16. The number of nitrogens with one attached hydrogen (secondary N) is 5. The molecule has 0 saturated carbocycles. The number of fused-ring (bicyclic) bond motifs is 2. The topological polar surface area (TPSA) is 332 Å². The zero-order valence-corrected chi connectivity index (χ0v) is 47.0. The first-order valence-electron chi connectivity index (χ1n) is 27.6. The molecule has 0 aromatic heterocycles. The molecule has 440 valence electrons. The third kappa shape index (κ3) is 13.2. The van der Waals surface area contributed by atoms with Crippen LogP contribution in [0.15, 0.2) is 42.5 Å². The van der Waals surface area contributed by atoms with Gasteiger partial charge in [-0.25, -0.2) is 0 Å². The molecule has 28 heteroatoms. The Hall–Kier alpha value is -7.09. The smallest absolute Gasteiger partial charge is 0.612 e. The van der Waals surface area contributed by atoms with Gasteiger partial charge in [0, 0.05) is 65.7 Å². The van der Waals surface area contributed by atoms with Gasteiger partial charge >= 0.3 is 32.4 Å².